The van der Waals surface area contributed by atoms with Gasteiger partial charge in [-0.25, -0.2) is 9.97 Å². The van der Waals surface area contributed by atoms with Gasteiger partial charge in [0.05, 0.1) is 0 Å². The van der Waals surface area contributed by atoms with Gasteiger partial charge in [0.25, 0.3) is 0 Å². The lowest BCUT2D eigenvalue weighted by molar-refractivity contribution is -0.124. The Balaban J connectivity index is 1.60. The minimum absolute atomic E-state index is 0.194. The summed E-state index contributed by atoms with van der Waals surface area (Å²) in [6, 6.07) is 0. The summed E-state index contributed by atoms with van der Waals surface area (Å²) in [5.41, 5.74) is 3.75. The van der Waals surface area contributed by atoms with Gasteiger partial charge in [-0.1, -0.05) is 0 Å². The predicted octanol–water partition coefficient (Wildman–Crippen LogP) is 0.846. The lowest BCUT2D eigenvalue weighted by Crippen LogP contribution is -2.39. The number of nitrogens with one attached hydrogen (secondary N) is 1. The summed E-state index contributed by atoms with van der Waals surface area (Å²) in [5.74, 6) is 2.11. The van der Waals surface area contributed by atoms with Crippen molar-refractivity contribution in [2.75, 3.05) is 24.5 Å². The molecular weight excluding hydrogens is 252 g/mol. The number of aryl methyl sites for hydroxylation is 2. The molecule has 0 aromatic carbocycles. The quantitative estimate of drug-likeness (QED) is 0.823. The van der Waals surface area contributed by atoms with Crippen LogP contribution in [0.25, 0.3) is 0 Å². The highest BCUT2D eigenvalue weighted by atomic mass is 16.1. The number of amides is 1. The van der Waals surface area contributed by atoms with Crippen molar-refractivity contribution in [2.24, 2.45) is 11.8 Å². The number of aromatic nitrogens is 2. The molecule has 1 aromatic heterocycles. The molecule has 0 unspecified atom stereocenters. The fourth-order valence-corrected chi connectivity index (χ4v) is 3.87. The van der Waals surface area contributed by atoms with E-state index in [4.69, 9.17) is 9.97 Å². The average molecular weight is 272 g/mol. The maximum atomic E-state index is 11.5. The second-order valence-corrected chi connectivity index (χ2v) is 6.32. The highest BCUT2D eigenvalue weighted by molar-refractivity contribution is 5.77. The monoisotopic (exact) mass is 272 g/mol. The van der Waals surface area contributed by atoms with Crippen molar-refractivity contribution < 1.29 is 4.79 Å². The summed E-state index contributed by atoms with van der Waals surface area (Å²) in [6.07, 6.45) is 4.08. The van der Waals surface area contributed by atoms with Gasteiger partial charge < -0.3 is 10.2 Å². The van der Waals surface area contributed by atoms with Gasteiger partial charge in [-0.15, -0.1) is 0 Å². The van der Waals surface area contributed by atoms with E-state index in [-0.39, 0.29) is 5.91 Å². The van der Waals surface area contributed by atoms with Crippen LogP contribution in [0, 0.1) is 18.8 Å². The molecule has 0 saturated carbocycles. The van der Waals surface area contributed by atoms with Crippen molar-refractivity contribution in [2.45, 2.75) is 32.6 Å². The number of rotatable bonds is 1. The first kappa shape index (κ1) is 12.1. The predicted molar refractivity (Wildman–Crippen MR) is 75.6 cm³/mol. The zero-order chi connectivity index (χ0) is 13.7. The summed E-state index contributed by atoms with van der Waals surface area (Å²) >= 11 is 0. The molecule has 5 heteroatoms. The number of carbonyl (C=O) groups is 1. The summed E-state index contributed by atoms with van der Waals surface area (Å²) in [5, 5.41) is 2.97. The number of piperidine rings is 1. The zero-order valence-electron chi connectivity index (χ0n) is 11.9. The van der Waals surface area contributed by atoms with Gasteiger partial charge in [0.2, 0.25) is 11.9 Å². The smallest absolute Gasteiger partial charge is 0.225 e. The number of nitrogens with zero attached hydrogens (tertiary/aromatic N) is 3. The van der Waals surface area contributed by atoms with E-state index in [2.05, 4.69) is 17.1 Å². The van der Waals surface area contributed by atoms with Crippen LogP contribution in [0.4, 0.5) is 5.95 Å². The second-order valence-electron chi connectivity index (χ2n) is 6.32. The lowest BCUT2D eigenvalue weighted by Gasteiger charge is -2.23. The largest absolute Gasteiger partial charge is 0.356 e. The molecule has 2 aliphatic heterocycles. The maximum absolute atomic E-state index is 11.5. The fraction of sp³-hybridized carbons (Fsp3) is 0.667. The van der Waals surface area contributed by atoms with Crippen molar-refractivity contribution in [3.63, 3.8) is 0 Å². The van der Waals surface area contributed by atoms with E-state index in [1.54, 1.807) is 0 Å². The van der Waals surface area contributed by atoms with Crippen molar-refractivity contribution in [1.29, 1.82) is 0 Å². The molecule has 3 aliphatic rings. The van der Waals surface area contributed by atoms with E-state index in [0.29, 0.717) is 18.3 Å². The number of anilines is 1. The van der Waals surface area contributed by atoms with E-state index in [9.17, 15) is 4.79 Å². The molecule has 4 rings (SSSR count). The molecule has 0 spiro atoms. The lowest BCUT2D eigenvalue weighted by atomic mass is 9.89. The maximum Gasteiger partial charge on any atom is 0.225 e. The standard InChI is InChI=1S/C15H20N4O/c1-9-12-3-2-4-13(12)18-15(17-9)19-7-10-5-14(20)16-6-11(10)8-19/h10-11H,2-8H2,1H3,(H,16,20)/t10-,11+/m1/s1. The van der Waals surface area contributed by atoms with Crippen molar-refractivity contribution in [1.82, 2.24) is 15.3 Å². The van der Waals surface area contributed by atoms with Gasteiger partial charge in [-0.2, -0.15) is 0 Å². The summed E-state index contributed by atoms with van der Waals surface area (Å²) in [6.45, 7) is 4.81. The van der Waals surface area contributed by atoms with E-state index >= 15 is 0 Å². The first-order valence-electron chi connectivity index (χ1n) is 7.59. The van der Waals surface area contributed by atoms with Crippen LogP contribution in [0.2, 0.25) is 0 Å². The molecule has 2 saturated heterocycles. The molecular formula is C15H20N4O. The highest BCUT2D eigenvalue weighted by Crippen LogP contribution is 2.32. The van der Waals surface area contributed by atoms with Crippen LogP contribution in [0.5, 0.6) is 0 Å². The Bertz CT molecular complexity index is 571. The van der Waals surface area contributed by atoms with Crippen LogP contribution in [0.15, 0.2) is 0 Å². The van der Waals surface area contributed by atoms with Gasteiger partial charge in [0.1, 0.15) is 0 Å². The van der Waals surface area contributed by atoms with Gasteiger partial charge in [-0.3, -0.25) is 4.79 Å². The Morgan fingerprint density at radius 3 is 2.95 bits per heavy atom. The van der Waals surface area contributed by atoms with Crippen molar-refractivity contribution in [3.8, 4) is 0 Å². The molecule has 1 amide bonds. The molecule has 2 fully saturated rings. The molecule has 1 N–H and O–H groups in total. The van der Waals surface area contributed by atoms with Crippen molar-refractivity contribution in [3.05, 3.63) is 17.0 Å². The Morgan fingerprint density at radius 1 is 1.20 bits per heavy atom. The van der Waals surface area contributed by atoms with Crippen LogP contribution < -0.4 is 10.2 Å². The van der Waals surface area contributed by atoms with E-state index in [1.165, 1.54) is 17.7 Å². The molecule has 2 atom stereocenters. The first-order chi connectivity index (χ1) is 9.70. The van der Waals surface area contributed by atoms with Gasteiger partial charge in [0, 0.05) is 37.4 Å². The highest BCUT2D eigenvalue weighted by Gasteiger charge is 2.38. The number of fused-ring (bicyclic) bond motifs is 2. The van der Waals surface area contributed by atoms with Crippen LogP contribution in [-0.2, 0) is 17.6 Å². The summed E-state index contributed by atoms with van der Waals surface area (Å²) in [7, 11) is 0. The van der Waals surface area contributed by atoms with E-state index in [1.807, 2.05) is 0 Å². The second kappa shape index (κ2) is 4.43. The summed E-state index contributed by atoms with van der Waals surface area (Å²) in [4.78, 5) is 23.3. The minimum Gasteiger partial charge on any atom is -0.356 e. The van der Waals surface area contributed by atoms with Crippen molar-refractivity contribution >= 4 is 11.9 Å². The average Bonchev–Trinajstić information content (AvgIpc) is 3.03. The number of carbonyl (C=O) groups excluding carboxylic acids is 1. The van der Waals surface area contributed by atoms with Gasteiger partial charge in [-0.05, 0) is 43.6 Å². The number of hydrogen-bond donors (Lipinski definition) is 1. The molecule has 106 valence electrons. The summed E-state index contributed by atoms with van der Waals surface area (Å²) < 4.78 is 0. The third kappa shape index (κ3) is 1.87. The van der Waals surface area contributed by atoms with Crippen LogP contribution in [-0.4, -0.2) is 35.5 Å². The minimum atomic E-state index is 0.194. The Kier molecular flexibility index (Phi) is 2.69. The van der Waals surface area contributed by atoms with Crippen LogP contribution in [0.3, 0.4) is 0 Å². The van der Waals surface area contributed by atoms with Gasteiger partial charge >= 0.3 is 0 Å². The Labute approximate surface area is 118 Å². The molecule has 1 aliphatic carbocycles. The molecule has 0 radical (unpaired) electrons. The number of hydrogen-bond acceptors (Lipinski definition) is 4. The Morgan fingerprint density at radius 2 is 2.05 bits per heavy atom. The molecule has 1 aromatic rings. The molecule has 5 nitrogen and oxygen atoms in total. The first-order valence-corrected chi connectivity index (χ1v) is 7.59. The molecule has 0 bridgehead atoms. The third-order valence-electron chi connectivity index (χ3n) is 5.00. The Hall–Kier alpha value is -1.65. The fourth-order valence-electron chi connectivity index (χ4n) is 3.87. The molecule has 3 heterocycles. The van der Waals surface area contributed by atoms with Gasteiger partial charge in [0.15, 0.2) is 0 Å². The normalized spacial score (nSPS) is 28.2. The molecule has 20 heavy (non-hydrogen) atoms. The SMILES string of the molecule is Cc1nc(N2C[C@H]3CC(=O)NC[C@H]3C2)nc2c1CCC2. The topological polar surface area (TPSA) is 58.1 Å². The zero-order valence-corrected chi connectivity index (χ0v) is 11.9. The van der Waals surface area contributed by atoms with Crippen LogP contribution in [0.1, 0.15) is 29.8 Å². The third-order valence-corrected chi connectivity index (χ3v) is 5.00. The van der Waals surface area contributed by atoms with E-state index in [0.717, 1.165) is 44.1 Å². The van der Waals surface area contributed by atoms with Crippen LogP contribution >= 0.6 is 0 Å². The van der Waals surface area contributed by atoms with E-state index < -0.39 is 0 Å².